The Balaban J connectivity index is 1.74. The zero-order chi connectivity index (χ0) is 11.7. The molecule has 2 aromatic rings. The second-order valence-corrected chi connectivity index (χ2v) is 4.83. The van der Waals surface area contributed by atoms with E-state index in [1.54, 1.807) is 0 Å². The lowest BCUT2D eigenvalue weighted by Crippen LogP contribution is -2.16. The lowest BCUT2D eigenvalue weighted by Gasteiger charge is -1.94. The molecule has 3 rings (SSSR count). The van der Waals surface area contributed by atoms with E-state index in [-0.39, 0.29) is 0 Å². The smallest absolute Gasteiger partial charge is 0.271 e. The first kappa shape index (κ1) is 10.8. The maximum Gasteiger partial charge on any atom is 0.271 e. The van der Waals surface area contributed by atoms with Crippen molar-refractivity contribution in [1.29, 1.82) is 0 Å². The highest BCUT2D eigenvalue weighted by molar-refractivity contribution is 7.09. The van der Waals surface area contributed by atoms with Crippen LogP contribution in [-0.4, -0.2) is 25.8 Å². The van der Waals surface area contributed by atoms with Gasteiger partial charge in [-0.1, -0.05) is 16.6 Å². The van der Waals surface area contributed by atoms with E-state index in [1.165, 1.54) is 24.4 Å². The molecule has 0 amide bonds. The molecular weight excluding hydrogens is 238 g/mol. The van der Waals surface area contributed by atoms with Gasteiger partial charge >= 0.3 is 0 Å². The molecule has 0 aliphatic heterocycles. The minimum Gasteiger partial charge on any atom is -0.333 e. The summed E-state index contributed by atoms with van der Waals surface area (Å²) >= 11 is 1.30. The Bertz CT molecular complexity index is 504. The quantitative estimate of drug-likeness (QED) is 0.865. The van der Waals surface area contributed by atoms with Gasteiger partial charge in [0.15, 0.2) is 5.82 Å². The highest BCUT2D eigenvalue weighted by Gasteiger charge is 2.21. The maximum absolute atomic E-state index is 5.23. The van der Waals surface area contributed by atoms with E-state index in [2.05, 4.69) is 25.0 Å². The SMILES string of the molecule is CCc1nnsc1-c1nc(CNC2CC2)no1. The first-order chi connectivity index (χ1) is 8.36. The second-order valence-electron chi connectivity index (χ2n) is 4.07. The van der Waals surface area contributed by atoms with Crippen molar-refractivity contribution >= 4 is 11.5 Å². The standard InChI is InChI=1S/C10H13N5OS/c1-2-7-9(17-15-13-7)10-12-8(14-16-10)5-11-6-3-4-6/h6,11H,2-5H2,1H3. The van der Waals surface area contributed by atoms with E-state index in [0.717, 1.165) is 17.0 Å². The first-order valence-electron chi connectivity index (χ1n) is 5.74. The molecule has 7 heteroatoms. The van der Waals surface area contributed by atoms with Gasteiger partial charge in [-0.05, 0) is 30.8 Å². The molecule has 6 nitrogen and oxygen atoms in total. The van der Waals surface area contributed by atoms with Gasteiger partial charge in [-0.2, -0.15) is 4.98 Å². The molecule has 1 aliphatic carbocycles. The number of nitrogens with one attached hydrogen (secondary N) is 1. The summed E-state index contributed by atoms with van der Waals surface area (Å²) in [6.45, 7) is 2.70. The number of aryl methyl sites for hydroxylation is 1. The van der Waals surface area contributed by atoms with E-state index in [9.17, 15) is 0 Å². The van der Waals surface area contributed by atoms with Gasteiger partial charge in [-0.15, -0.1) is 5.10 Å². The molecule has 1 saturated carbocycles. The largest absolute Gasteiger partial charge is 0.333 e. The molecule has 0 aromatic carbocycles. The molecule has 0 saturated heterocycles. The Kier molecular flexibility index (Phi) is 2.86. The van der Waals surface area contributed by atoms with Crippen molar-refractivity contribution in [3.8, 4) is 10.8 Å². The number of hydrogen-bond acceptors (Lipinski definition) is 7. The van der Waals surface area contributed by atoms with Crippen LogP contribution in [0.1, 0.15) is 31.3 Å². The van der Waals surface area contributed by atoms with E-state index in [0.29, 0.717) is 24.3 Å². The van der Waals surface area contributed by atoms with E-state index >= 15 is 0 Å². The molecule has 0 radical (unpaired) electrons. The van der Waals surface area contributed by atoms with Gasteiger partial charge in [-0.3, -0.25) is 0 Å². The average molecular weight is 251 g/mol. The van der Waals surface area contributed by atoms with Crippen LogP contribution >= 0.6 is 11.5 Å². The predicted octanol–water partition coefficient (Wildman–Crippen LogP) is 1.40. The van der Waals surface area contributed by atoms with Crippen LogP contribution in [-0.2, 0) is 13.0 Å². The minimum absolute atomic E-state index is 0.532. The summed E-state index contributed by atoms with van der Waals surface area (Å²) in [7, 11) is 0. The zero-order valence-electron chi connectivity index (χ0n) is 9.51. The summed E-state index contributed by atoms with van der Waals surface area (Å²) in [5.74, 6) is 1.23. The van der Waals surface area contributed by atoms with Crippen molar-refractivity contribution in [2.24, 2.45) is 0 Å². The molecule has 1 fully saturated rings. The van der Waals surface area contributed by atoms with Gasteiger partial charge in [0.25, 0.3) is 5.89 Å². The van der Waals surface area contributed by atoms with Crippen LogP contribution in [0, 0.1) is 0 Å². The van der Waals surface area contributed by atoms with Crippen LogP contribution in [0.5, 0.6) is 0 Å². The van der Waals surface area contributed by atoms with Crippen molar-refractivity contribution in [2.45, 2.75) is 38.8 Å². The molecule has 17 heavy (non-hydrogen) atoms. The molecule has 0 atom stereocenters. The van der Waals surface area contributed by atoms with Crippen molar-refractivity contribution in [2.75, 3.05) is 0 Å². The van der Waals surface area contributed by atoms with Gasteiger partial charge in [0.2, 0.25) is 0 Å². The summed E-state index contributed by atoms with van der Waals surface area (Å²) < 4.78 is 9.14. The van der Waals surface area contributed by atoms with E-state index in [1.807, 2.05) is 6.92 Å². The van der Waals surface area contributed by atoms with Crippen LogP contribution in [0.25, 0.3) is 10.8 Å². The molecule has 0 unspecified atom stereocenters. The van der Waals surface area contributed by atoms with Gasteiger partial charge in [0.1, 0.15) is 4.88 Å². The Morgan fingerprint density at radius 1 is 1.47 bits per heavy atom. The molecule has 2 aromatic heterocycles. The number of aromatic nitrogens is 4. The Morgan fingerprint density at radius 3 is 3.12 bits per heavy atom. The van der Waals surface area contributed by atoms with E-state index < -0.39 is 0 Å². The minimum atomic E-state index is 0.532. The number of hydrogen-bond donors (Lipinski definition) is 1. The van der Waals surface area contributed by atoms with Gasteiger partial charge in [0, 0.05) is 6.04 Å². The Morgan fingerprint density at radius 2 is 2.35 bits per heavy atom. The molecule has 2 heterocycles. The monoisotopic (exact) mass is 251 g/mol. The topological polar surface area (TPSA) is 76.7 Å². The predicted molar refractivity (Wildman–Crippen MR) is 62.4 cm³/mol. The summed E-state index contributed by atoms with van der Waals surface area (Å²) in [4.78, 5) is 5.24. The number of rotatable bonds is 5. The van der Waals surface area contributed by atoms with Crippen LogP contribution in [0.3, 0.4) is 0 Å². The van der Waals surface area contributed by atoms with Crippen molar-refractivity contribution < 1.29 is 4.52 Å². The third-order valence-corrected chi connectivity index (χ3v) is 3.44. The van der Waals surface area contributed by atoms with Crippen LogP contribution in [0.2, 0.25) is 0 Å². The van der Waals surface area contributed by atoms with Crippen molar-refractivity contribution in [3.05, 3.63) is 11.5 Å². The molecule has 90 valence electrons. The Hall–Kier alpha value is -1.34. The zero-order valence-corrected chi connectivity index (χ0v) is 10.3. The second kappa shape index (κ2) is 4.50. The van der Waals surface area contributed by atoms with Gasteiger partial charge in [-0.25, -0.2) is 0 Å². The first-order valence-corrected chi connectivity index (χ1v) is 6.51. The van der Waals surface area contributed by atoms with Crippen LogP contribution < -0.4 is 5.32 Å². The lowest BCUT2D eigenvalue weighted by atomic mass is 10.3. The van der Waals surface area contributed by atoms with Crippen molar-refractivity contribution in [1.82, 2.24) is 25.0 Å². The van der Waals surface area contributed by atoms with Gasteiger partial charge < -0.3 is 9.84 Å². The fraction of sp³-hybridized carbons (Fsp3) is 0.600. The third-order valence-electron chi connectivity index (χ3n) is 2.68. The summed E-state index contributed by atoms with van der Waals surface area (Å²) in [6.07, 6.45) is 3.33. The lowest BCUT2D eigenvalue weighted by molar-refractivity contribution is 0.419. The summed E-state index contributed by atoms with van der Waals surface area (Å²) in [5.41, 5.74) is 0.917. The molecular formula is C10H13N5OS. The molecule has 1 aliphatic rings. The maximum atomic E-state index is 5.23. The van der Waals surface area contributed by atoms with Gasteiger partial charge in [0.05, 0.1) is 12.2 Å². The van der Waals surface area contributed by atoms with Crippen molar-refractivity contribution in [3.63, 3.8) is 0 Å². The fourth-order valence-electron chi connectivity index (χ4n) is 1.54. The summed E-state index contributed by atoms with van der Waals surface area (Å²) in [5, 5.41) is 11.3. The normalized spacial score (nSPS) is 15.4. The van der Waals surface area contributed by atoms with Crippen LogP contribution in [0.15, 0.2) is 4.52 Å². The third kappa shape index (κ3) is 2.34. The fourth-order valence-corrected chi connectivity index (χ4v) is 2.22. The van der Waals surface area contributed by atoms with E-state index in [4.69, 9.17) is 4.52 Å². The average Bonchev–Trinajstić information content (AvgIpc) is 2.89. The van der Waals surface area contributed by atoms with Crippen LogP contribution in [0.4, 0.5) is 0 Å². The number of nitrogens with zero attached hydrogens (tertiary/aromatic N) is 4. The highest BCUT2D eigenvalue weighted by Crippen LogP contribution is 2.25. The molecule has 0 bridgehead atoms. The Labute approximate surface area is 103 Å². The highest BCUT2D eigenvalue weighted by atomic mass is 32.1. The molecule has 1 N–H and O–H groups in total. The molecule has 0 spiro atoms. The summed E-state index contributed by atoms with van der Waals surface area (Å²) in [6, 6.07) is 0.647.